The van der Waals surface area contributed by atoms with Crippen molar-refractivity contribution < 1.29 is 13.9 Å². The Kier molecular flexibility index (Phi) is 7.09. The van der Waals surface area contributed by atoms with Gasteiger partial charge in [0.1, 0.15) is 0 Å². The molecule has 0 aromatic rings. The van der Waals surface area contributed by atoms with Crippen LogP contribution in [0, 0.1) is 11.3 Å². The van der Waals surface area contributed by atoms with Gasteiger partial charge in [0.2, 0.25) is 0 Å². The van der Waals surface area contributed by atoms with E-state index in [1.165, 1.54) is 12.0 Å². The van der Waals surface area contributed by atoms with Gasteiger partial charge in [0.05, 0.1) is 5.60 Å². The van der Waals surface area contributed by atoms with Crippen molar-refractivity contribution >= 4 is 8.32 Å². The van der Waals surface area contributed by atoms with Gasteiger partial charge in [-0.2, -0.15) is 0 Å². The van der Waals surface area contributed by atoms with Gasteiger partial charge >= 0.3 is 0 Å². The zero-order chi connectivity index (χ0) is 17.9. The molecule has 0 N–H and O–H groups in total. The fraction of sp³-hybridized carbons (Fsp3) is 0.895. The summed E-state index contributed by atoms with van der Waals surface area (Å²) in [6.07, 6.45) is 4.95. The first-order chi connectivity index (χ1) is 10.4. The summed E-state index contributed by atoms with van der Waals surface area (Å²) < 4.78 is 17.6. The Morgan fingerprint density at radius 1 is 1.22 bits per heavy atom. The Bertz CT molecular complexity index is 390. The highest BCUT2D eigenvalue weighted by molar-refractivity contribution is 6.69. The predicted molar refractivity (Wildman–Crippen MR) is 100 cm³/mol. The Balaban J connectivity index is 3.03. The van der Waals surface area contributed by atoms with Gasteiger partial charge < -0.3 is 13.9 Å². The van der Waals surface area contributed by atoms with Crippen LogP contribution >= 0.6 is 0 Å². The summed E-state index contributed by atoms with van der Waals surface area (Å²) >= 11 is 0. The van der Waals surface area contributed by atoms with Crippen LogP contribution in [0.5, 0.6) is 0 Å². The standard InChI is InChI=1S/C19H38O3Si/c1-15-10-11-16(18(2,3)4)14-19(15,22-23(7,8)9)13-12-17(20-5)21-6/h16-17H,1,10-14H2,2-9H3/t16-,19-/m0/s1. The zero-order valence-corrected chi connectivity index (χ0v) is 17.6. The van der Waals surface area contributed by atoms with E-state index in [1.54, 1.807) is 14.2 Å². The topological polar surface area (TPSA) is 27.7 Å². The molecule has 0 radical (unpaired) electrons. The summed E-state index contributed by atoms with van der Waals surface area (Å²) in [6.45, 7) is 18.3. The smallest absolute Gasteiger partial charge is 0.184 e. The van der Waals surface area contributed by atoms with Crippen LogP contribution in [-0.4, -0.2) is 34.4 Å². The highest BCUT2D eigenvalue weighted by Gasteiger charge is 2.45. The van der Waals surface area contributed by atoms with E-state index in [1.807, 2.05) is 0 Å². The molecule has 1 fully saturated rings. The van der Waals surface area contributed by atoms with E-state index in [4.69, 9.17) is 13.9 Å². The van der Waals surface area contributed by atoms with Gasteiger partial charge in [-0.05, 0) is 62.2 Å². The summed E-state index contributed by atoms with van der Waals surface area (Å²) in [5.74, 6) is 0.660. The molecule has 1 saturated carbocycles. The molecule has 23 heavy (non-hydrogen) atoms. The maximum atomic E-state index is 6.77. The number of methoxy groups -OCH3 is 2. The second-order valence-corrected chi connectivity index (χ2v) is 13.5. The molecule has 1 aliphatic rings. The largest absolute Gasteiger partial charge is 0.408 e. The summed E-state index contributed by atoms with van der Waals surface area (Å²) in [6, 6.07) is 0. The molecule has 4 heteroatoms. The molecule has 1 rings (SSSR count). The first-order valence-electron chi connectivity index (χ1n) is 8.87. The zero-order valence-electron chi connectivity index (χ0n) is 16.6. The first-order valence-corrected chi connectivity index (χ1v) is 12.3. The predicted octanol–water partition coefficient (Wildman–Crippen LogP) is 5.38. The SMILES string of the molecule is C=C1CC[C@H](C(C)(C)C)C[C@]1(CCC(OC)OC)O[Si](C)(C)C. The maximum Gasteiger partial charge on any atom is 0.184 e. The molecule has 1 aliphatic carbocycles. The van der Waals surface area contributed by atoms with Gasteiger partial charge in [-0.15, -0.1) is 0 Å². The number of hydrogen-bond donors (Lipinski definition) is 0. The van der Waals surface area contributed by atoms with Crippen molar-refractivity contribution in [2.75, 3.05) is 14.2 Å². The van der Waals surface area contributed by atoms with E-state index in [2.05, 4.69) is 47.0 Å². The lowest BCUT2D eigenvalue weighted by molar-refractivity contribution is -0.116. The van der Waals surface area contributed by atoms with E-state index in [-0.39, 0.29) is 11.9 Å². The second kappa shape index (κ2) is 7.81. The van der Waals surface area contributed by atoms with Crippen molar-refractivity contribution in [2.24, 2.45) is 11.3 Å². The van der Waals surface area contributed by atoms with E-state index >= 15 is 0 Å². The molecule has 0 unspecified atom stereocenters. The molecule has 0 saturated heterocycles. The van der Waals surface area contributed by atoms with Crippen molar-refractivity contribution in [1.29, 1.82) is 0 Å². The summed E-state index contributed by atoms with van der Waals surface area (Å²) in [7, 11) is 1.72. The molecule has 0 aromatic heterocycles. The van der Waals surface area contributed by atoms with E-state index in [0.29, 0.717) is 11.3 Å². The van der Waals surface area contributed by atoms with Gasteiger partial charge in [-0.3, -0.25) is 0 Å². The van der Waals surface area contributed by atoms with Crippen molar-refractivity contribution in [3.63, 3.8) is 0 Å². The van der Waals surface area contributed by atoms with E-state index in [0.717, 1.165) is 25.7 Å². The Morgan fingerprint density at radius 3 is 2.22 bits per heavy atom. The van der Waals surface area contributed by atoms with Crippen LogP contribution < -0.4 is 0 Å². The van der Waals surface area contributed by atoms with Crippen molar-refractivity contribution in [3.05, 3.63) is 12.2 Å². The highest BCUT2D eigenvalue weighted by atomic mass is 28.4. The molecule has 0 amide bonds. The number of rotatable bonds is 7. The minimum absolute atomic E-state index is 0.167. The van der Waals surface area contributed by atoms with Gasteiger partial charge in [-0.1, -0.05) is 27.4 Å². The van der Waals surface area contributed by atoms with Crippen LogP contribution in [0.3, 0.4) is 0 Å². The minimum atomic E-state index is -1.68. The monoisotopic (exact) mass is 342 g/mol. The molecule has 2 atom stereocenters. The number of ether oxygens (including phenoxy) is 2. The Labute approximate surface area is 144 Å². The van der Waals surface area contributed by atoms with Crippen LogP contribution in [-0.2, 0) is 13.9 Å². The number of hydrogen-bond acceptors (Lipinski definition) is 3. The van der Waals surface area contributed by atoms with Crippen LogP contribution in [0.25, 0.3) is 0 Å². The second-order valence-electron chi connectivity index (χ2n) is 9.06. The summed E-state index contributed by atoms with van der Waals surface area (Å²) in [4.78, 5) is 0. The van der Waals surface area contributed by atoms with Crippen LogP contribution in [0.2, 0.25) is 19.6 Å². The molecule has 136 valence electrons. The fourth-order valence-electron chi connectivity index (χ4n) is 3.67. The summed E-state index contributed by atoms with van der Waals surface area (Å²) in [5.41, 5.74) is 1.36. The third-order valence-corrected chi connectivity index (χ3v) is 6.05. The van der Waals surface area contributed by atoms with Crippen LogP contribution in [0.15, 0.2) is 12.2 Å². The molecule has 0 heterocycles. The van der Waals surface area contributed by atoms with E-state index in [9.17, 15) is 0 Å². The normalized spacial score (nSPS) is 26.8. The molecular formula is C19H38O3Si. The Hall–Kier alpha value is -0.163. The Morgan fingerprint density at radius 2 is 1.78 bits per heavy atom. The fourth-order valence-corrected chi connectivity index (χ4v) is 5.17. The third-order valence-electron chi connectivity index (χ3n) is 5.05. The lowest BCUT2D eigenvalue weighted by Crippen LogP contribution is -2.49. The maximum absolute atomic E-state index is 6.77. The molecule has 0 bridgehead atoms. The molecule has 0 spiro atoms. The van der Waals surface area contributed by atoms with Crippen molar-refractivity contribution in [1.82, 2.24) is 0 Å². The third kappa shape index (κ3) is 6.00. The molecule has 0 aliphatic heterocycles. The molecule has 0 aromatic carbocycles. The van der Waals surface area contributed by atoms with Crippen LogP contribution in [0.1, 0.15) is 52.9 Å². The van der Waals surface area contributed by atoms with Gasteiger partial charge in [0.25, 0.3) is 0 Å². The average molecular weight is 343 g/mol. The highest BCUT2D eigenvalue weighted by Crippen LogP contribution is 2.48. The first kappa shape index (κ1) is 20.9. The minimum Gasteiger partial charge on any atom is -0.408 e. The summed E-state index contributed by atoms with van der Waals surface area (Å²) in [5, 5.41) is 0. The van der Waals surface area contributed by atoms with Crippen LogP contribution in [0.4, 0.5) is 0 Å². The van der Waals surface area contributed by atoms with E-state index < -0.39 is 8.32 Å². The molecule has 3 nitrogen and oxygen atoms in total. The van der Waals surface area contributed by atoms with Gasteiger partial charge in [-0.25, -0.2) is 0 Å². The van der Waals surface area contributed by atoms with Crippen molar-refractivity contribution in [3.8, 4) is 0 Å². The average Bonchev–Trinajstić information content (AvgIpc) is 2.40. The lowest BCUT2D eigenvalue weighted by atomic mass is 9.65. The quantitative estimate of drug-likeness (QED) is 0.353. The van der Waals surface area contributed by atoms with Crippen molar-refractivity contribution in [2.45, 2.75) is 84.4 Å². The van der Waals surface area contributed by atoms with Gasteiger partial charge in [0.15, 0.2) is 14.6 Å². The lowest BCUT2D eigenvalue weighted by Gasteiger charge is -2.49. The molecular weight excluding hydrogens is 304 g/mol. The van der Waals surface area contributed by atoms with Gasteiger partial charge in [0, 0.05) is 20.6 Å².